The fourth-order valence-electron chi connectivity index (χ4n) is 2.10. The maximum atomic E-state index is 11.7. The molecular formula is C15H19N2OS+. The third-order valence-corrected chi connectivity index (χ3v) is 4.10. The van der Waals surface area contributed by atoms with E-state index in [9.17, 15) is 4.79 Å². The molecule has 0 aliphatic rings. The zero-order valence-electron chi connectivity index (χ0n) is 11.2. The number of hydrogen-bond acceptors (Lipinski definition) is 2. The Morgan fingerprint density at radius 1 is 1.21 bits per heavy atom. The van der Waals surface area contributed by atoms with Crippen LogP contribution < -0.4 is 10.6 Å². The van der Waals surface area contributed by atoms with E-state index in [1.807, 2.05) is 31.2 Å². The van der Waals surface area contributed by atoms with E-state index < -0.39 is 0 Å². The van der Waals surface area contributed by atoms with Gasteiger partial charge in [0.1, 0.15) is 6.04 Å². The van der Waals surface area contributed by atoms with Gasteiger partial charge in [-0.05, 0) is 18.4 Å². The molecule has 3 nitrogen and oxygen atoms in total. The zero-order chi connectivity index (χ0) is 13.7. The van der Waals surface area contributed by atoms with Crippen molar-refractivity contribution < 1.29 is 10.1 Å². The second kappa shape index (κ2) is 6.50. The highest BCUT2D eigenvalue weighted by atomic mass is 32.1. The molecule has 3 N–H and O–H groups in total. The Morgan fingerprint density at radius 3 is 2.53 bits per heavy atom. The number of amides is 1. The van der Waals surface area contributed by atoms with Gasteiger partial charge in [0.25, 0.3) is 5.91 Å². The van der Waals surface area contributed by atoms with Crippen molar-refractivity contribution in [1.29, 1.82) is 0 Å². The average Bonchev–Trinajstić information content (AvgIpc) is 2.98. The second-order valence-electron chi connectivity index (χ2n) is 4.50. The molecule has 0 radical (unpaired) electrons. The Hall–Kier alpha value is -1.65. The van der Waals surface area contributed by atoms with Gasteiger partial charge in [-0.2, -0.15) is 0 Å². The van der Waals surface area contributed by atoms with Crippen LogP contribution in [0.5, 0.6) is 0 Å². The minimum atomic E-state index is -0.114. The van der Waals surface area contributed by atoms with Crippen LogP contribution in [0.15, 0.2) is 47.8 Å². The third-order valence-electron chi connectivity index (χ3n) is 3.15. The molecule has 0 saturated heterocycles. The number of thiophene rings is 1. The molecule has 1 heterocycles. The first-order valence-electron chi connectivity index (χ1n) is 6.37. The molecular weight excluding hydrogens is 256 g/mol. The van der Waals surface area contributed by atoms with Crippen molar-refractivity contribution in [2.75, 3.05) is 7.05 Å². The molecule has 0 aliphatic heterocycles. The highest BCUT2D eigenvalue weighted by Crippen LogP contribution is 2.22. The Kier molecular flexibility index (Phi) is 4.71. The molecule has 1 aromatic carbocycles. The van der Waals surface area contributed by atoms with E-state index in [4.69, 9.17) is 0 Å². The normalized spacial score (nSPS) is 13.8. The minimum Gasteiger partial charge on any atom is -0.354 e. The molecule has 2 rings (SSSR count). The topological polar surface area (TPSA) is 45.7 Å². The number of benzene rings is 1. The summed E-state index contributed by atoms with van der Waals surface area (Å²) < 4.78 is 0. The monoisotopic (exact) mass is 275 g/mol. The first kappa shape index (κ1) is 13.8. The standard InChI is InChI=1S/C15H18N2OS/c1-11(15(18)16-2)17-14(13-9-6-10-19-13)12-7-4-3-5-8-12/h3-11,14,17H,1-2H3,(H,16,18)/p+1/t11-,14+/m1/s1. The molecule has 0 bridgehead atoms. The largest absolute Gasteiger partial charge is 0.354 e. The number of carbonyl (C=O) groups is 1. The molecule has 0 aliphatic carbocycles. The number of likely N-dealkylation sites (N-methyl/N-ethyl adjacent to an activating group) is 1. The zero-order valence-corrected chi connectivity index (χ0v) is 12.0. The van der Waals surface area contributed by atoms with Crippen molar-refractivity contribution in [1.82, 2.24) is 5.32 Å². The summed E-state index contributed by atoms with van der Waals surface area (Å²) in [4.78, 5) is 13.0. The van der Waals surface area contributed by atoms with E-state index in [0.29, 0.717) is 0 Å². The molecule has 0 saturated carbocycles. The van der Waals surface area contributed by atoms with Gasteiger partial charge in [-0.25, -0.2) is 0 Å². The quantitative estimate of drug-likeness (QED) is 0.854. The lowest BCUT2D eigenvalue weighted by atomic mass is 10.0. The highest BCUT2D eigenvalue weighted by Gasteiger charge is 2.24. The van der Waals surface area contributed by atoms with E-state index in [2.05, 4.69) is 34.2 Å². The van der Waals surface area contributed by atoms with Crippen LogP contribution in [-0.2, 0) is 4.79 Å². The summed E-state index contributed by atoms with van der Waals surface area (Å²) in [6, 6.07) is 14.5. The van der Waals surface area contributed by atoms with Crippen molar-refractivity contribution in [3.63, 3.8) is 0 Å². The molecule has 19 heavy (non-hydrogen) atoms. The number of quaternary nitrogens is 1. The van der Waals surface area contributed by atoms with Gasteiger partial charge < -0.3 is 10.6 Å². The predicted octanol–water partition coefficient (Wildman–Crippen LogP) is 1.54. The molecule has 1 aromatic heterocycles. The van der Waals surface area contributed by atoms with E-state index in [0.717, 1.165) is 0 Å². The number of nitrogens with two attached hydrogens (primary N) is 1. The van der Waals surface area contributed by atoms with Gasteiger partial charge in [0.2, 0.25) is 0 Å². The molecule has 0 fully saturated rings. The van der Waals surface area contributed by atoms with E-state index in [1.165, 1.54) is 10.4 Å². The maximum Gasteiger partial charge on any atom is 0.277 e. The minimum absolute atomic E-state index is 0.0532. The predicted molar refractivity (Wildman–Crippen MR) is 78.1 cm³/mol. The summed E-state index contributed by atoms with van der Waals surface area (Å²) in [5.41, 5.74) is 1.22. The molecule has 2 aromatic rings. The third kappa shape index (κ3) is 3.43. The average molecular weight is 275 g/mol. The molecule has 2 atom stereocenters. The van der Waals surface area contributed by atoms with Gasteiger partial charge in [-0.3, -0.25) is 4.79 Å². The summed E-state index contributed by atoms with van der Waals surface area (Å²) >= 11 is 1.72. The van der Waals surface area contributed by atoms with Crippen molar-refractivity contribution in [2.24, 2.45) is 0 Å². The lowest BCUT2D eigenvalue weighted by Gasteiger charge is -2.18. The lowest BCUT2D eigenvalue weighted by molar-refractivity contribution is -0.704. The van der Waals surface area contributed by atoms with Gasteiger partial charge in [0.05, 0.1) is 4.88 Å². The lowest BCUT2D eigenvalue weighted by Crippen LogP contribution is -2.92. The summed E-state index contributed by atoms with van der Waals surface area (Å²) in [5, 5.41) is 6.88. The van der Waals surface area contributed by atoms with Gasteiger partial charge >= 0.3 is 0 Å². The van der Waals surface area contributed by atoms with Gasteiger partial charge in [-0.1, -0.05) is 36.4 Å². The smallest absolute Gasteiger partial charge is 0.277 e. The number of hydrogen-bond donors (Lipinski definition) is 2. The Bertz CT molecular complexity index is 510. The van der Waals surface area contributed by atoms with Gasteiger partial charge in [0, 0.05) is 12.6 Å². The fourth-order valence-corrected chi connectivity index (χ4v) is 2.94. The van der Waals surface area contributed by atoms with Crippen LogP contribution in [0.25, 0.3) is 0 Å². The SMILES string of the molecule is CNC(=O)[C@@H](C)[NH2+][C@@H](c1ccccc1)c1cccs1. The Labute approximate surface area is 117 Å². The van der Waals surface area contributed by atoms with Crippen LogP contribution in [0.4, 0.5) is 0 Å². The molecule has 0 spiro atoms. The number of rotatable bonds is 5. The number of carbonyl (C=O) groups excluding carboxylic acids is 1. The molecule has 4 heteroatoms. The van der Waals surface area contributed by atoms with E-state index in [-0.39, 0.29) is 18.0 Å². The van der Waals surface area contributed by atoms with Crippen molar-refractivity contribution >= 4 is 17.2 Å². The van der Waals surface area contributed by atoms with Crippen LogP contribution in [-0.4, -0.2) is 19.0 Å². The van der Waals surface area contributed by atoms with Crippen molar-refractivity contribution in [3.8, 4) is 0 Å². The van der Waals surface area contributed by atoms with E-state index >= 15 is 0 Å². The maximum absolute atomic E-state index is 11.7. The first-order valence-corrected chi connectivity index (χ1v) is 7.25. The highest BCUT2D eigenvalue weighted by molar-refractivity contribution is 7.10. The fraction of sp³-hybridized carbons (Fsp3) is 0.267. The van der Waals surface area contributed by atoms with Crippen LogP contribution >= 0.6 is 11.3 Å². The summed E-state index contributed by atoms with van der Waals surface area (Å²) in [7, 11) is 1.68. The summed E-state index contributed by atoms with van der Waals surface area (Å²) in [5.74, 6) is 0.0532. The van der Waals surface area contributed by atoms with Crippen molar-refractivity contribution in [2.45, 2.75) is 19.0 Å². The van der Waals surface area contributed by atoms with Crippen LogP contribution in [0, 0.1) is 0 Å². The van der Waals surface area contributed by atoms with E-state index in [1.54, 1.807) is 18.4 Å². The first-order chi connectivity index (χ1) is 9.22. The molecule has 1 amide bonds. The summed E-state index contributed by atoms with van der Waals surface area (Å²) in [6.45, 7) is 1.93. The second-order valence-corrected chi connectivity index (χ2v) is 5.48. The Morgan fingerprint density at radius 2 is 1.95 bits per heavy atom. The van der Waals surface area contributed by atoms with Gasteiger partial charge in [-0.15, -0.1) is 11.3 Å². The van der Waals surface area contributed by atoms with Crippen molar-refractivity contribution in [3.05, 3.63) is 58.3 Å². The Balaban J connectivity index is 2.24. The van der Waals surface area contributed by atoms with Crippen LogP contribution in [0.2, 0.25) is 0 Å². The molecule has 100 valence electrons. The van der Waals surface area contributed by atoms with Gasteiger partial charge in [0.15, 0.2) is 6.04 Å². The molecule has 0 unspecified atom stereocenters. The van der Waals surface area contributed by atoms with Crippen LogP contribution in [0.1, 0.15) is 23.4 Å². The number of nitrogens with one attached hydrogen (secondary N) is 1. The van der Waals surface area contributed by atoms with Crippen LogP contribution in [0.3, 0.4) is 0 Å². The summed E-state index contributed by atoms with van der Waals surface area (Å²) in [6.07, 6.45) is 0.